The van der Waals surface area contributed by atoms with Gasteiger partial charge in [0, 0.05) is 31.0 Å². The standard InChI is InChI=1S/C18H19F3N4O/c19-18(20,21)12-4-1-6-14(10-12)24-16-15(7-2-8-23-16)17(26)25-9-3-5-13(22)11-25/h1-2,4,6-8,10,13H,3,5,9,11,22H2,(H,23,24). The van der Waals surface area contributed by atoms with Crippen LogP contribution in [0.2, 0.25) is 0 Å². The Morgan fingerprint density at radius 1 is 1.27 bits per heavy atom. The molecule has 0 spiro atoms. The molecule has 2 aromatic rings. The molecule has 1 amide bonds. The first kappa shape index (κ1) is 18.2. The minimum atomic E-state index is -4.44. The SMILES string of the molecule is NC1CCCN(C(=O)c2cccnc2Nc2cccc(C(F)(F)F)c2)C1. The fourth-order valence-electron chi connectivity index (χ4n) is 2.95. The molecule has 1 fully saturated rings. The van der Waals surface area contributed by atoms with E-state index in [1.165, 1.54) is 18.3 Å². The summed E-state index contributed by atoms with van der Waals surface area (Å²) in [5.41, 5.74) is 5.67. The van der Waals surface area contributed by atoms with Crippen LogP contribution in [0, 0.1) is 0 Å². The highest BCUT2D eigenvalue weighted by Gasteiger charge is 2.30. The van der Waals surface area contributed by atoms with E-state index in [1.54, 1.807) is 17.0 Å². The Bertz CT molecular complexity index is 794. The van der Waals surface area contributed by atoms with Crippen LogP contribution in [0.3, 0.4) is 0 Å². The van der Waals surface area contributed by atoms with E-state index in [0.29, 0.717) is 18.7 Å². The van der Waals surface area contributed by atoms with Gasteiger partial charge in [-0.25, -0.2) is 4.98 Å². The van der Waals surface area contributed by atoms with Crippen molar-refractivity contribution in [3.8, 4) is 0 Å². The van der Waals surface area contributed by atoms with Gasteiger partial charge in [0.25, 0.3) is 5.91 Å². The minimum absolute atomic E-state index is 0.0655. The monoisotopic (exact) mass is 364 g/mol. The van der Waals surface area contributed by atoms with Gasteiger partial charge in [0.15, 0.2) is 0 Å². The Hall–Kier alpha value is -2.61. The Labute approximate surface area is 149 Å². The normalized spacial score (nSPS) is 17.8. The number of hydrogen-bond acceptors (Lipinski definition) is 4. The molecule has 138 valence electrons. The molecular weight excluding hydrogens is 345 g/mol. The van der Waals surface area contributed by atoms with Gasteiger partial charge in [-0.1, -0.05) is 6.07 Å². The molecule has 1 aliphatic heterocycles. The summed E-state index contributed by atoms with van der Waals surface area (Å²) in [5, 5.41) is 2.83. The van der Waals surface area contributed by atoms with Gasteiger partial charge >= 0.3 is 6.18 Å². The van der Waals surface area contributed by atoms with Crippen molar-refractivity contribution in [3.63, 3.8) is 0 Å². The highest BCUT2D eigenvalue weighted by Crippen LogP contribution is 2.31. The van der Waals surface area contributed by atoms with E-state index in [4.69, 9.17) is 5.73 Å². The maximum Gasteiger partial charge on any atom is 0.416 e. The first-order valence-corrected chi connectivity index (χ1v) is 8.29. The number of amides is 1. The second kappa shape index (κ2) is 7.33. The molecule has 1 aromatic carbocycles. The summed E-state index contributed by atoms with van der Waals surface area (Å²) in [6.07, 6.45) is -1.27. The fourth-order valence-corrected chi connectivity index (χ4v) is 2.95. The number of anilines is 2. The highest BCUT2D eigenvalue weighted by atomic mass is 19.4. The zero-order valence-corrected chi connectivity index (χ0v) is 14.0. The molecule has 1 aliphatic rings. The van der Waals surface area contributed by atoms with Gasteiger partial charge in [0.2, 0.25) is 0 Å². The molecule has 1 unspecified atom stereocenters. The molecule has 3 rings (SSSR count). The van der Waals surface area contributed by atoms with E-state index < -0.39 is 11.7 Å². The molecule has 5 nitrogen and oxygen atoms in total. The topological polar surface area (TPSA) is 71.2 Å². The number of hydrogen-bond donors (Lipinski definition) is 2. The lowest BCUT2D eigenvalue weighted by Gasteiger charge is -2.31. The number of benzene rings is 1. The Morgan fingerprint density at radius 2 is 2.08 bits per heavy atom. The average molecular weight is 364 g/mol. The molecule has 1 aromatic heterocycles. The molecule has 0 bridgehead atoms. The molecule has 8 heteroatoms. The third-order valence-electron chi connectivity index (χ3n) is 4.24. The number of alkyl halides is 3. The van der Waals surface area contributed by atoms with Crippen molar-refractivity contribution >= 4 is 17.4 Å². The molecule has 0 saturated carbocycles. The van der Waals surface area contributed by atoms with Crippen LogP contribution in [-0.4, -0.2) is 34.9 Å². The second-order valence-corrected chi connectivity index (χ2v) is 6.26. The summed E-state index contributed by atoms with van der Waals surface area (Å²) in [6.45, 7) is 1.06. The first-order chi connectivity index (χ1) is 12.3. The highest BCUT2D eigenvalue weighted by molar-refractivity contribution is 5.99. The molecule has 1 atom stereocenters. The number of likely N-dealkylation sites (tertiary alicyclic amines) is 1. The number of aromatic nitrogens is 1. The van der Waals surface area contributed by atoms with E-state index in [1.807, 2.05) is 0 Å². The smallest absolute Gasteiger partial charge is 0.340 e. The largest absolute Gasteiger partial charge is 0.416 e. The number of pyridine rings is 1. The number of nitrogens with one attached hydrogen (secondary N) is 1. The molecule has 26 heavy (non-hydrogen) atoms. The molecular formula is C18H19F3N4O. The summed E-state index contributed by atoms with van der Waals surface area (Å²) < 4.78 is 38.6. The third kappa shape index (κ3) is 4.13. The summed E-state index contributed by atoms with van der Waals surface area (Å²) in [4.78, 5) is 18.6. The lowest BCUT2D eigenvalue weighted by molar-refractivity contribution is -0.137. The van der Waals surface area contributed by atoms with Crippen LogP contribution >= 0.6 is 0 Å². The number of nitrogens with zero attached hydrogens (tertiary/aromatic N) is 2. The van der Waals surface area contributed by atoms with Crippen LogP contribution in [0.25, 0.3) is 0 Å². The van der Waals surface area contributed by atoms with Crippen molar-refractivity contribution in [2.75, 3.05) is 18.4 Å². The van der Waals surface area contributed by atoms with Crippen LogP contribution < -0.4 is 11.1 Å². The number of carbonyl (C=O) groups excluding carboxylic acids is 1. The van der Waals surface area contributed by atoms with E-state index in [9.17, 15) is 18.0 Å². The lowest BCUT2D eigenvalue weighted by atomic mass is 10.1. The van der Waals surface area contributed by atoms with Crippen LogP contribution in [0.4, 0.5) is 24.7 Å². The molecule has 0 radical (unpaired) electrons. The van der Waals surface area contributed by atoms with Crippen molar-refractivity contribution in [1.82, 2.24) is 9.88 Å². The van der Waals surface area contributed by atoms with E-state index in [2.05, 4.69) is 10.3 Å². The maximum atomic E-state index is 12.9. The van der Waals surface area contributed by atoms with Crippen LogP contribution in [0.5, 0.6) is 0 Å². The first-order valence-electron chi connectivity index (χ1n) is 8.29. The van der Waals surface area contributed by atoms with Crippen molar-refractivity contribution in [3.05, 3.63) is 53.7 Å². The van der Waals surface area contributed by atoms with Crippen LogP contribution in [0.15, 0.2) is 42.6 Å². The van der Waals surface area contributed by atoms with Gasteiger partial charge in [-0.15, -0.1) is 0 Å². The Kier molecular flexibility index (Phi) is 5.13. The lowest BCUT2D eigenvalue weighted by Crippen LogP contribution is -2.45. The molecule has 3 N–H and O–H groups in total. The zero-order chi connectivity index (χ0) is 18.7. The summed E-state index contributed by atoms with van der Waals surface area (Å²) in [6, 6.07) is 7.93. The number of nitrogens with two attached hydrogens (primary N) is 1. The van der Waals surface area contributed by atoms with E-state index in [0.717, 1.165) is 25.0 Å². The number of rotatable bonds is 3. The second-order valence-electron chi connectivity index (χ2n) is 6.26. The Morgan fingerprint density at radius 3 is 2.81 bits per heavy atom. The molecule has 0 aliphatic carbocycles. The van der Waals surface area contributed by atoms with Crippen molar-refractivity contribution in [2.45, 2.75) is 25.1 Å². The van der Waals surface area contributed by atoms with Gasteiger partial charge in [0.1, 0.15) is 5.82 Å². The number of carbonyl (C=O) groups is 1. The van der Waals surface area contributed by atoms with Gasteiger partial charge in [0.05, 0.1) is 11.1 Å². The summed E-state index contributed by atoms with van der Waals surface area (Å²) in [7, 11) is 0. The summed E-state index contributed by atoms with van der Waals surface area (Å²) >= 11 is 0. The van der Waals surface area contributed by atoms with Gasteiger partial charge in [-0.3, -0.25) is 4.79 Å². The Balaban J connectivity index is 1.85. The van der Waals surface area contributed by atoms with Gasteiger partial charge in [-0.05, 0) is 43.2 Å². The zero-order valence-electron chi connectivity index (χ0n) is 14.0. The molecule has 1 saturated heterocycles. The number of piperidine rings is 1. The van der Waals surface area contributed by atoms with E-state index >= 15 is 0 Å². The van der Waals surface area contributed by atoms with Gasteiger partial charge in [-0.2, -0.15) is 13.2 Å². The van der Waals surface area contributed by atoms with E-state index in [-0.39, 0.29) is 23.5 Å². The minimum Gasteiger partial charge on any atom is -0.340 e. The van der Waals surface area contributed by atoms with Gasteiger partial charge < -0.3 is 16.0 Å². The van der Waals surface area contributed by atoms with Crippen LogP contribution in [0.1, 0.15) is 28.8 Å². The predicted octanol–water partition coefficient (Wildman–Crippen LogP) is 3.41. The average Bonchev–Trinajstić information content (AvgIpc) is 2.61. The molecule has 2 heterocycles. The predicted molar refractivity (Wildman–Crippen MR) is 92.1 cm³/mol. The maximum absolute atomic E-state index is 12.9. The number of halogens is 3. The quantitative estimate of drug-likeness (QED) is 0.876. The fraction of sp³-hybridized carbons (Fsp3) is 0.333. The van der Waals surface area contributed by atoms with Crippen molar-refractivity contribution in [1.29, 1.82) is 0 Å². The van der Waals surface area contributed by atoms with Crippen molar-refractivity contribution < 1.29 is 18.0 Å². The van der Waals surface area contributed by atoms with Crippen LogP contribution in [-0.2, 0) is 6.18 Å². The summed E-state index contributed by atoms with van der Waals surface area (Å²) in [5.74, 6) is -0.0151. The van der Waals surface area contributed by atoms with Crippen molar-refractivity contribution in [2.24, 2.45) is 5.73 Å². The third-order valence-corrected chi connectivity index (χ3v) is 4.24.